The highest BCUT2D eigenvalue weighted by Crippen LogP contribution is 2.35. The molecule has 7 nitrogen and oxygen atoms in total. The summed E-state index contributed by atoms with van der Waals surface area (Å²) in [5.41, 5.74) is 0.708. The maximum absolute atomic E-state index is 13.1. The molecule has 0 spiro atoms. The van der Waals surface area contributed by atoms with E-state index in [1.807, 2.05) is 0 Å². The van der Waals surface area contributed by atoms with Crippen molar-refractivity contribution in [1.82, 2.24) is 0 Å². The van der Waals surface area contributed by atoms with Crippen molar-refractivity contribution in [2.45, 2.75) is 6.10 Å². The zero-order chi connectivity index (χ0) is 20.8. The van der Waals surface area contributed by atoms with Crippen LogP contribution in [0.15, 0.2) is 72.8 Å². The zero-order valence-electron chi connectivity index (χ0n) is 15.4. The second-order valence-electron chi connectivity index (χ2n) is 6.00. The van der Waals surface area contributed by atoms with Gasteiger partial charge in [0.15, 0.2) is 11.5 Å². The fourth-order valence-electron chi connectivity index (χ4n) is 2.64. The summed E-state index contributed by atoms with van der Waals surface area (Å²) in [4.78, 5) is 23.5. The minimum atomic E-state index is -1.13. The van der Waals surface area contributed by atoms with E-state index in [1.54, 1.807) is 30.3 Å². The third kappa shape index (κ3) is 4.86. The largest absolute Gasteiger partial charge is 0.493 e. The van der Waals surface area contributed by atoms with Gasteiger partial charge in [-0.2, -0.15) is 0 Å². The first-order valence-electron chi connectivity index (χ1n) is 8.58. The van der Waals surface area contributed by atoms with Crippen LogP contribution < -0.4 is 14.8 Å². The van der Waals surface area contributed by atoms with E-state index in [9.17, 15) is 19.3 Å². The van der Waals surface area contributed by atoms with Gasteiger partial charge in [-0.1, -0.05) is 30.3 Å². The van der Waals surface area contributed by atoms with Gasteiger partial charge in [-0.15, -0.1) is 0 Å². The maximum atomic E-state index is 13.1. The van der Waals surface area contributed by atoms with Crippen LogP contribution in [0.5, 0.6) is 11.5 Å². The van der Waals surface area contributed by atoms with Crippen LogP contribution >= 0.6 is 0 Å². The first-order chi connectivity index (χ1) is 14.0. The van der Waals surface area contributed by atoms with Gasteiger partial charge in [0.2, 0.25) is 6.10 Å². The van der Waals surface area contributed by atoms with Crippen LogP contribution in [0, 0.1) is 15.9 Å². The van der Waals surface area contributed by atoms with E-state index in [2.05, 4.69) is 5.32 Å². The van der Waals surface area contributed by atoms with E-state index in [4.69, 9.17) is 9.47 Å². The number of benzene rings is 3. The number of carbonyl (C=O) groups is 1. The van der Waals surface area contributed by atoms with Gasteiger partial charge in [-0.3, -0.25) is 14.9 Å². The van der Waals surface area contributed by atoms with Gasteiger partial charge in [0.05, 0.1) is 18.1 Å². The van der Waals surface area contributed by atoms with Gasteiger partial charge in [0.25, 0.3) is 11.6 Å². The van der Waals surface area contributed by atoms with Gasteiger partial charge in [-0.25, -0.2) is 4.39 Å². The van der Waals surface area contributed by atoms with Gasteiger partial charge in [-0.05, 0) is 30.3 Å². The highest BCUT2D eigenvalue weighted by Gasteiger charge is 2.25. The fourth-order valence-corrected chi connectivity index (χ4v) is 2.64. The molecule has 0 unspecified atom stereocenters. The normalized spacial score (nSPS) is 11.4. The zero-order valence-corrected chi connectivity index (χ0v) is 15.4. The molecule has 0 heterocycles. The van der Waals surface area contributed by atoms with Crippen LogP contribution in [0.3, 0.4) is 0 Å². The SMILES string of the molecule is COc1ccc([N+](=O)[O-])cc1O[C@@H](C(=O)Nc1ccc(F)cc1)c1ccccc1. The number of nitrogens with zero attached hydrogens (tertiary/aromatic N) is 1. The molecule has 1 amide bonds. The summed E-state index contributed by atoms with van der Waals surface area (Å²) in [6.45, 7) is 0. The number of hydrogen-bond acceptors (Lipinski definition) is 5. The Morgan fingerprint density at radius 3 is 2.34 bits per heavy atom. The van der Waals surface area contributed by atoms with E-state index in [0.29, 0.717) is 11.3 Å². The number of amides is 1. The number of halogens is 1. The molecule has 0 saturated heterocycles. The molecule has 148 valence electrons. The average molecular weight is 396 g/mol. The lowest BCUT2D eigenvalue weighted by molar-refractivity contribution is -0.385. The summed E-state index contributed by atoms with van der Waals surface area (Å²) < 4.78 is 24.2. The van der Waals surface area contributed by atoms with Gasteiger partial charge in [0, 0.05) is 17.3 Å². The second-order valence-corrected chi connectivity index (χ2v) is 6.00. The molecule has 8 heteroatoms. The predicted molar refractivity (Wildman–Crippen MR) is 104 cm³/mol. The number of nitrogens with one attached hydrogen (secondary N) is 1. The lowest BCUT2D eigenvalue weighted by Gasteiger charge is -2.20. The molecule has 1 atom stereocenters. The van der Waals surface area contributed by atoms with Crippen molar-refractivity contribution in [3.8, 4) is 11.5 Å². The predicted octanol–water partition coefficient (Wildman–Crippen LogP) is 4.50. The Labute approximate surface area is 165 Å². The fraction of sp³-hybridized carbons (Fsp3) is 0.0952. The second kappa shape index (κ2) is 8.83. The van der Waals surface area contributed by atoms with Crippen LogP contribution in [0.2, 0.25) is 0 Å². The Balaban J connectivity index is 1.94. The number of rotatable bonds is 7. The number of ether oxygens (including phenoxy) is 2. The third-order valence-corrected chi connectivity index (χ3v) is 4.06. The quantitative estimate of drug-likeness (QED) is 0.469. The number of hydrogen-bond donors (Lipinski definition) is 1. The van der Waals surface area contributed by atoms with Gasteiger partial charge >= 0.3 is 0 Å². The summed E-state index contributed by atoms with van der Waals surface area (Å²) in [5.74, 6) is -0.674. The summed E-state index contributed by atoms with van der Waals surface area (Å²) in [6, 6.07) is 17.8. The molecule has 3 aromatic rings. The maximum Gasteiger partial charge on any atom is 0.273 e. The molecule has 0 radical (unpaired) electrons. The molecule has 0 bridgehead atoms. The van der Waals surface area contributed by atoms with E-state index >= 15 is 0 Å². The number of nitro benzene ring substituents is 1. The lowest BCUT2D eigenvalue weighted by Crippen LogP contribution is -2.25. The minimum Gasteiger partial charge on any atom is -0.493 e. The van der Waals surface area contributed by atoms with Crippen LogP contribution in [-0.2, 0) is 4.79 Å². The summed E-state index contributed by atoms with van der Waals surface area (Å²) >= 11 is 0. The van der Waals surface area contributed by atoms with Gasteiger partial charge < -0.3 is 14.8 Å². The Kier molecular flexibility index (Phi) is 6.03. The highest BCUT2D eigenvalue weighted by molar-refractivity contribution is 5.95. The van der Waals surface area contributed by atoms with Crippen LogP contribution in [-0.4, -0.2) is 17.9 Å². The molecule has 0 aliphatic carbocycles. The van der Waals surface area contributed by atoms with Crippen molar-refractivity contribution >= 4 is 17.3 Å². The topological polar surface area (TPSA) is 90.7 Å². The molecule has 0 aliphatic heterocycles. The van der Waals surface area contributed by atoms with Crippen LogP contribution in [0.4, 0.5) is 15.8 Å². The van der Waals surface area contributed by atoms with Crippen molar-refractivity contribution < 1.29 is 23.6 Å². The number of carbonyl (C=O) groups excluding carboxylic acids is 1. The molecule has 3 rings (SSSR count). The highest BCUT2D eigenvalue weighted by atomic mass is 19.1. The first-order valence-corrected chi connectivity index (χ1v) is 8.58. The Morgan fingerprint density at radius 2 is 1.72 bits per heavy atom. The monoisotopic (exact) mass is 396 g/mol. The van der Waals surface area contributed by atoms with Crippen LogP contribution in [0.25, 0.3) is 0 Å². The minimum absolute atomic E-state index is 0.0461. The van der Waals surface area contributed by atoms with E-state index in [-0.39, 0.29) is 17.2 Å². The first kappa shape index (κ1) is 19.8. The standard InChI is InChI=1S/C21H17FN2O5/c1-28-18-12-11-17(24(26)27)13-19(18)29-20(14-5-3-2-4-6-14)21(25)23-16-9-7-15(22)8-10-16/h2-13,20H,1H3,(H,23,25)/t20-/m1/s1. The molecule has 0 saturated carbocycles. The molecule has 29 heavy (non-hydrogen) atoms. The molecule has 0 aromatic heterocycles. The number of anilines is 1. The van der Waals surface area contributed by atoms with Crippen molar-refractivity contribution in [1.29, 1.82) is 0 Å². The Bertz CT molecular complexity index is 1010. The summed E-state index contributed by atoms with van der Waals surface area (Å²) in [7, 11) is 1.39. The number of nitro groups is 1. The smallest absolute Gasteiger partial charge is 0.273 e. The molecular weight excluding hydrogens is 379 g/mol. The van der Waals surface area contributed by atoms with Gasteiger partial charge in [0.1, 0.15) is 5.82 Å². The van der Waals surface area contributed by atoms with E-state index in [0.717, 1.165) is 0 Å². The molecule has 0 aliphatic rings. The molecule has 0 fully saturated rings. The third-order valence-electron chi connectivity index (χ3n) is 4.06. The molecule has 3 aromatic carbocycles. The van der Waals surface area contributed by atoms with E-state index in [1.165, 1.54) is 49.6 Å². The summed E-state index contributed by atoms with van der Waals surface area (Å²) in [5, 5.41) is 13.8. The molecular formula is C21H17FN2O5. The Hall–Kier alpha value is -3.94. The average Bonchev–Trinajstić information content (AvgIpc) is 2.74. The number of methoxy groups -OCH3 is 1. The van der Waals surface area contributed by atoms with Crippen molar-refractivity contribution in [3.05, 3.63) is 94.3 Å². The van der Waals surface area contributed by atoms with E-state index < -0.39 is 22.8 Å². The Morgan fingerprint density at radius 1 is 1.03 bits per heavy atom. The number of non-ortho nitro benzene ring substituents is 1. The van der Waals surface area contributed by atoms with Crippen molar-refractivity contribution in [3.63, 3.8) is 0 Å². The lowest BCUT2D eigenvalue weighted by atomic mass is 10.1. The summed E-state index contributed by atoms with van der Waals surface area (Å²) in [6.07, 6.45) is -1.13. The van der Waals surface area contributed by atoms with Crippen molar-refractivity contribution in [2.75, 3.05) is 12.4 Å². The molecule has 1 N–H and O–H groups in total. The van der Waals surface area contributed by atoms with Crippen LogP contribution in [0.1, 0.15) is 11.7 Å². The van der Waals surface area contributed by atoms with Crippen molar-refractivity contribution in [2.24, 2.45) is 0 Å².